The van der Waals surface area contributed by atoms with Crippen molar-refractivity contribution in [2.75, 3.05) is 0 Å². The van der Waals surface area contributed by atoms with Gasteiger partial charge in [0.1, 0.15) is 36.6 Å². The summed E-state index contributed by atoms with van der Waals surface area (Å²) in [6.07, 6.45) is -12.2. The summed E-state index contributed by atoms with van der Waals surface area (Å²) in [5.41, 5.74) is -1.81. The highest BCUT2D eigenvalue weighted by atomic mass is 16.8. The standard InChI is InChI=1S/C42H62O16/c1-37(2)21-8-11-42(7)31(20(43)16-18-19-17-39(4,36(53)54)13-12-38(19,3)14-15-41(18,42)6)40(21,5)10-9-22(37)55-35-30(26(47)25(46)29(57-35)33(51)52)58-34-27(48)23(44)24(45)28(56-34)32(49)50/h16,19,21-31,34-35,44-48H,8-15,17H2,1-7H3,(H,49,50)(H,51,52)(H,53,54)/t19?,21-,22-,23+,24+,25+,26+,27-,28+,29+,30-,31+,34+,35+,38?,39-,40?,41+,42?/m0/s1. The van der Waals surface area contributed by atoms with Gasteiger partial charge in [-0.15, -0.1) is 0 Å². The van der Waals surface area contributed by atoms with E-state index in [-0.39, 0.29) is 34.4 Å². The molecule has 6 fully saturated rings. The molecule has 2 heterocycles. The quantitative estimate of drug-likeness (QED) is 0.171. The van der Waals surface area contributed by atoms with Gasteiger partial charge in [-0.2, -0.15) is 0 Å². The SMILES string of the molecule is CC12CC[C@](C)(C(=O)O)CC1C1=CC(=O)[C@@H]3C4(C)CC[C@H](O[C@@H]5O[C@@H](C(=O)O)[C@H](O)[C@@H](O)[C@@H]5O[C@H]5O[C@@H](C(=O)O)[C@H](O)[C@@H](O)[C@@H]5O)C(C)(C)[C@@H]4CCC3(C)[C@]1(C)CC2. The fourth-order valence-electron chi connectivity index (χ4n) is 13.4. The number of rotatable bonds is 7. The van der Waals surface area contributed by atoms with Crippen LogP contribution >= 0.6 is 0 Å². The average Bonchev–Trinajstić information content (AvgIpc) is 3.13. The van der Waals surface area contributed by atoms with E-state index in [2.05, 4.69) is 27.7 Å². The van der Waals surface area contributed by atoms with Crippen molar-refractivity contribution in [1.82, 2.24) is 0 Å². The van der Waals surface area contributed by atoms with Crippen molar-refractivity contribution in [3.8, 4) is 0 Å². The largest absolute Gasteiger partial charge is 0.481 e. The van der Waals surface area contributed by atoms with Crippen LogP contribution in [0.2, 0.25) is 0 Å². The Kier molecular flexibility index (Phi) is 10.7. The van der Waals surface area contributed by atoms with E-state index in [1.54, 1.807) is 0 Å². The fourth-order valence-corrected chi connectivity index (χ4v) is 13.4. The highest BCUT2D eigenvalue weighted by Gasteiger charge is 2.71. The molecular formula is C42H62O16. The van der Waals surface area contributed by atoms with Gasteiger partial charge in [0, 0.05) is 5.92 Å². The number of carboxylic acids is 3. The normalized spacial score (nSPS) is 52.6. The fraction of sp³-hybridized carbons (Fsp3) is 0.857. The third kappa shape index (κ3) is 6.25. The first-order valence-electron chi connectivity index (χ1n) is 20.7. The van der Waals surface area contributed by atoms with E-state index in [0.717, 1.165) is 37.7 Å². The summed E-state index contributed by atoms with van der Waals surface area (Å²) in [7, 11) is 0. The molecule has 2 saturated heterocycles. The van der Waals surface area contributed by atoms with Gasteiger partial charge in [-0.1, -0.05) is 47.1 Å². The summed E-state index contributed by atoms with van der Waals surface area (Å²) in [6.45, 7) is 14.8. The number of carboxylic acid groups (broad SMARTS) is 3. The van der Waals surface area contributed by atoms with E-state index < -0.39 is 107 Å². The Labute approximate surface area is 337 Å². The Bertz CT molecular complexity index is 1730. The van der Waals surface area contributed by atoms with Crippen molar-refractivity contribution >= 4 is 23.7 Å². The molecule has 0 aromatic rings. The molecule has 4 unspecified atom stereocenters. The number of carbonyl (C=O) groups excluding carboxylic acids is 1. The molecule has 0 radical (unpaired) electrons. The summed E-state index contributed by atoms with van der Waals surface area (Å²) >= 11 is 0. The number of aliphatic hydroxyl groups is 5. The Morgan fingerprint density at radius 1 is 0.690 bits per heavy atom. The van der Waals surface area contributed by atoms with Crippen LogP contribution in [0.25, 0.3) is 0 Å². The lowest BCUT2D eigenvalue weighted by atomic mass is 9.33. The third-order valence-electron chi connectivity index (χ3n) is 17.2. The molecule has 16 nitrogen and oxygen atoms in total. The second kappa shape index (κ2) is 14.3. The van der Waals surface area contributed by atoms with Crippen LogP contribution < -0.4 is 0 Å². The molecule has 0 bridgehead atoms. The number of ketones is 1. The minimum Gasteiger partial charge on any atom is -0.481 e. The maximum atomic E-state index is 14.8. The van der Waals surface area contributed by atoms with E-state index in [1.165, 1.54) is 0 Å². The lowest BCUT2D eigenvalue weighted by Crippen LogP contribution is -2.68. The van der Waals surface area contributed by atoms with Crippen LogP contribution in [0.5, 0.6) is 0 Å². The van der Waals surface area contributed by atoms with Crippen LogP contribution in [0.3, 0.4) is 0 Å². The lowest BCUT2D eigenvalue weighted by molar-refractivity contribution is -0.371. The summed E-state index contributed by atoms with van der Waals surface area (Å²) in [4.78, 5) is 51.3. The summed E-state index contributed by atoms with van der Waals surface area (Å²) in [5.74, 6) is -4.47. The maximum absolute atomic E-state index is 14.8. The van der Waals surface area contributed by atoms with Gasteiger partial charge < -0.3 is 59.8 Å². The average molecular weight is 823 g/mol. The van der Waals surface area contributed by atoms with Gasteiger partial charge >= 0.3 is 17.9 Å². The molecule has 7 aliphatic rings. The number of hydrogen-bond donors (Lipinski definition) is 8. The van der Waals surface area contributed by atoms with E-state index in [9.17, 15) is 60.0 Å². The summed E-state index contributed by atoms with van der Waals surface area (Å²) < 4.78 is 23.4. The maximum Gasteiger partial charge on any atom is 0.335 e. The zero-order valence-electron chi connectivity index (χ0n) is 34.4. The minimum atomic E-state index is -2.05. The second-order valence-electron chi connectivity index (χ2n) is 20.6. The number of fused-ring (bicyclic) bond motifs is 7. The molecule has 19 atom stereocenters. The van der Waals surface area contributed by atoms with E-state index in [4.69, 9.17) is 18.9 Å². The smallest absolute Gasteiger partial charge is 0.335 e. The number of aliphatic carboxylic acids is 3. The van der Waals surface area contributed by atoms with Crippen LogP contribution in [-0.2, 0) is 38.1 Å². The molecule has 5 aliphatic carbocycles. The van der Waals surface area contributed by atoms with Crippen LogP contribution in [0.15, 0.2) is 11.6 Å². The van der Waals surface area contributed by atoms with E-state index in [0.29, 0.717) is 25.7 Å². The number of allylic oxidation sites excluding steroid dienone is 2. The number of aliphatic hydroxyl groups excluding tert-OH is 5. The molecular weight excluding hydrogens is 760 g/mol. The zero-order valence-corrected chi connectivity index (χ0v) is 34.4. The van der Waals surface area contributed by atoms with Crippen molar-refractivity contribution in [3.63, 3.8) is 0 Å². The van der Waals surface area contributed by atoms with Crippen molar-refractivity contribution < 1.29 is 79.0 Å². The van der Waals surface area contributed by atoms with Gasteiger partial charge in [-0.3, -0.25) is 9.59 Å². The first-order chi connectivity index (χ1) is 26.8. The summed E-state index contributed by atoms with van der Waals surface area (Å²) in [6, 6.07) is 0. The van der Waals surface area contributed by atoms with E-state index in [1.807, 2.05) is 26.8 Å². The first-order valence-corrected chi connectivity index (χ1v) is 20.7. The minimum absolute atomic E-state index is 0.0217. The Morgan fingerprint density at radius 2 is 1.28 bits per heavy atom. The molecule has 16 heteroatoms. The zero-order chi connectivity index (χ0) is 42.9. The second-order valence-corrected chi connectivity index (χ2v) is 20.6. The Hall–Kier alpha value is -2.54. The number of ether oxygens (including phenoxy) is 4. The van der Waals surface area contributed by atoms with Gasteiger partial charge in [-0.05, 0) is 110 Å². The molecule has 0 aromatic carbocycles. The Morgan fingerprint density at radius 3 is 1.88 bits per heavy atom. The Balaban J connectivity index is 1.17. The topological polar surface area (TPSA) is 267 Å². The van der Waals surface area contributed by atoms with Crippen LogP contribution in [0, 0.1) is 50.2 Å². The number of carbonyl (C=O) groups is 4. The molecule has 0 spiro atoms. The molecule has 8 N–H and O–H groups in total. The molecule has 4 saturated carbocycles. The monoisotopic (exact) mass is 822 g/mol. The first kappa shape index (κ1) is 43.5. The highest BCUT2D eigenvalue weighted by Crippen LogP contribution is 2.75. The van der Waals surface area contributed by atoms with Crippen molar-refractivity contribution in [1.29, 1.82) is 0 Å². The van der Waals surface area contributed by atoms with Crippen LogP contribution in [-0.4, -0.2) is 132 Å². The highest BCUT2D eigenvalue weighted by molar-refractivity contribution is 5.95. The third-order valence-corrected chi connectivity index (χ3v) is 17.2. The van der Waals surface area contributed by atoms with Crippen molar-refractivity contribution in [3.05, 3.63) is 11.6 Å². The molecule has 2 aliphatic heterocycles. The predicted octanol–water partition coefficient (Wildman–Crippen LogP) is 2.25. The molecule has 7 rings (SSSR count). The van der Waals surface area contributed by atoms with Gasteiger partial charge in [0.25, 0.3) is 0 Å². The number of hydrogen-bond acceptors (Lipinski definition) is 13. The van der Waals surface area contributed by atoms with Crippen LogP contribution in [0.1, 0.15) is 106 Å². The van der Waals surface area contributed by atoms with Gasteiger partial charge in [-0.25, -0.2) is 9.59 Å². The van der Waals surface area contributed by atoms with Crippen molar-refractivity contribution in [2.45, 2.75) is 174 Å². The van der Waals surface area contributed by atoms with Gasteiger partial charge in [0.15, 0.2) is 30.6 Å². The molecule has 326 valence electrons. The van der Waals surface area contributed by atoms with Gasteiger partial charge in [0.2, 0.25) is 0 Å². The molecule has 0 amide bonds. The van der Waals surface area contributed by atoms with E-state index >= 15 is 0 Å². The van der Waals surface area contributed by atoms with Gasteiger partial charge in [0.05, 0.1) is 11.5 Å². The molecule has 58 heavy (non-hydrogen) atoms. The lowest BCUT2D eigenvalue weighted by Gasteiger charge is -2.70. The molecule has 0 aromatic heterocycles. The predicted molar refractivity (Wildman–Crippen MR) is 199 cm³/mol. The summed E-state index contributed by atoms with van der Waals surface area (Å²) in [5, 5.41) is 83.0. The van der Waals surface area contributed by atoms with Crippen molar-refractivity contribution in [2.24, 2.45) is 50.2 Å². The van der Waals surface area contributed by atoms with Crippen LogP contribution in [0.4, 0.5) is 0 Å².